The summed E-state index contributed by atoms with van der Waals surface area (Å²) >= 11 is 0. The third-order valence-electron chi connectivity index (χ3n) is 13.6. The Morgan fingerprint density at radius 1 is 0.303 bits per heavy atom. The lowest BCUT2D eigenvalue weighted by Crippen LogP contribution is -2.37. The lowest BCUT2D eigenvalue weighted by Gasteiger charge is -2.23. The molecule has 0 aliphatic heterocycles. The maximum Gasteiger partial charge on any atom is 0.306 e. The topological polar surface area (TPSA) is 181 Å². The molecule has 76 heavy (non-hydrogen) atoms. The van der Waals surface area contributed by atoms with Crippen LogP contribution in [0.4, 0.5) is 0 Å². The van der Waals surface area contributed by atoms with E-state index in [-0.39, 0.29) is 127 Å². The number of carbonyl (C=O) groups excluding carboxylic acids is 7. The van der Waals surface area contributed by atoms with Crippen LogP contribution in [0.5, 0.6) is 0 Å². The summed E-state index contributed by atoms with van der Waals surface area (Å²) in [6, 6.07) is 0. The molecule has 0 aliphatic carbocycles. The summed E-state index contributed by atoms with van der Waals surface area (Å²) in [6.45, 7) is 8.99. The molecule has 0 unspecified atom stereocenters. The van der Waals surface area contributed by atoms with Crippen molar-refractivity contribution in [2.45, 2.75) is 265 Å². The van der Waals surface area contributed by atoms with Gasteiger partial charge in [0.25, 0.3) is 0 Å². The van der Waals surface area contributed by atoms with E-state index in [2.05, 4.69) is 27.7 Å². The van der Waals surface area contributed by atoms with E-state index in [0.717, 1.165) is 116 Å². The van der Waals surface area contributed by atoms with Crippen molar-refractivity contribution in [1.82, 2.24) is 9.80 Å². The highest BCUT2D eigenvalue weighted by Crippen LogP contribution is 2.16. The Balaban J connectivity index is 5.58. The second kappa shape index (κ2) is 53.3. The van der Waals surface area contributed by atoms with E-state index in [4.69, 9.17) is 28.4 Å². The number of ether oxygens (including phenoxy) is 6. The molecule has 15 nitrogen and oxygen atoms in total. The molecule has 0 aromatic carbocycles. The summed E-state index contributed by atoms with van der Waals surface area (Å²) in [5.74, 6) is -3.98. The van der Waals surface area contributed by atoms with Crippen molar-refractivity contribution in [3.63, 3.8) is 0 Å². The van der Waals surface area contributed by atoms with Crippen LogP contribution in [0.2, 0.25) is 0 Å². The number of hydrogen-bond donors (Lipinski definition) is 0. The number of amides is 1. The SMILES string of the molecule is CCCCCCCCCC(=O)OCC(COC(=O)CCCCCCCCC)CC(=O)OCCN(CCOC(=O)CC(COC(=O)CCCCCCCCC)COC(=O)CCCCCCCCC)C(=O)CCCCN(C)C. The minimum absolute atomic E-state index is 0.0489. The minimum atomic E-state index is -0.608. The van der Waals surface area contributed by atoms with Gasteiger partial charge in [-0.3, -0.25) is 33.6 Å². The van der Waals surface area contributed by atoms with Crippen molar-refractivity contribution >= 4 is 41.7 Å². The number of hydrogen-bond acceptors (Lipinski definition) is 14. The zero-order chi connectivity index (χ0) is 56.1. The summed E-state index contributed by atoms with van der Waals surface area (Å²) in [4.78, 5) is 94.4. The first-order valence-corrected chi connectivity index (χ1v) is 30.7. The third kappa shape index (κ3) is 48.6. The molecule has 0 aromatic heterocycles. The van der Waals surface area contributed by atoms with Crippen LogP contribution >= 0.6 is 0 Å². The van der Waals surface area contributed by atoms with Crippen LogP contribution in [-0.2, 0) is 62.0 Å². The molecule has 0 fully saturated rings. The number of nitrogens with zero attached hydrogens (tertiary/aromatic N) is 2. The highest BCUT2D eigenvalue weighted by molar-refractivity contribution is 5.76. The molecule has 0 N–H and O–H groups in total. The van der Waals surface area contributed by atoms with Gasteiger partial charge in [0, 0.05) is 43.9 Å². The van der Waals surface area contributed by atoms with Crippen LogP contribution in [0, 0.1) is 11.8 Å². The fraction of sp³-hybridized carbons (Fsp3) is 0.885. The van der Waals surface area contributed by atoms with Gasteiger partial charge < -0.3 is 38.2 Å². The van der Waals surface area contributed by atoms with Crippen molar-refractivity contribution in [2.24, 2.45) is 11.8 Å². The number of unbranched alkanes of at least 4 members (excludes halogenated alkanes) is 25. The largest absolute Gasteiger partial charge is 0.465 e. The molecule has 0 spiro atoms. The molecule has 0 heterocycles. The fourth-order valence-corrected chi connectivity index (χ4v) is 8.72. The molecule has 1 amide bonds. The maximum atomic E-state index is 13.5. The molecule has 0 radical (unpaired) electrons. The van der Waals surface area contributed by atoms with Gasteiger partial charge in [-0.1, -0.05) is 182 Å². The Labute approximate surface area is 462 Å². The highest BCUT2D eigenvalue weighted by Gasteiger charge is 2.23. The first kappa shape index (κ1) is 72.2. The second-order valence-corrected chi connectivity index (χ2v) is 21.4. The van der Waals surface area contributed by atoms with E-state index in [9.17, 15) is 33.6 Å². The molecule has 0 aromatic rings. The molecule has 0 saturated carbocycles. The van der Waals surface area contributed by atoms with E-state index < -0.39 is 23.8 Å². The first-order valence-electron chi connectivity index (χ1n) is 30.7. The van der Waals surface area contributed by atoms with Crippen molar-refractivity contribution < 1.29 is 62.0 Å². The lowest BCUT2D eigenvalue weighted by molar-refractivity contribution is -0.155. The number of esters is 6. The smallest absolute Gasteiger partial charge is 0.306 e. The summed E-state index contributed by atoms with van der Waals surface area (Å²) in [6.07, 6.45) is 32.4. The third-order valence-corrected chi connectivity index (χ3v) is 13.6. The van der Waals surface area contributed by atoms with Gasteiger partial charge >= 0.3 is 35.8 Å². The average molecular weight is 1080 g/mol. The Bertz CT molecular complexity index is 1300. The Morgan fingerprint density at radius 2 is 0.566 bits per heavy atom. The minimum Gasteiger partial charge on any atom is -0.465 e. The lowest BCUT2D eigenvalue weighted by atomic mass is 10.1. The molecule has 444 valence electrons. The Morgan fingerprint density at radius 3 is 0.842 bits per heavy atom. The van der Waals surface area contributed by atoms with Gasteiger partial charge in [0.15, 0.2) is 0 Å². The first-order chi connectivity index (χ1) is 36.8. The van der Waals surface area contributed by atoms with Gasteiger partial charge in [0.1, 0.15) is 13.2 Å². The summed E-state index contributed by atoms with van der Waals surface area (Å²) in [7, 11) is 3.94. The molecule has 0 aliphatic rings. The van der Waals surface area contributed by atoms with Crippen LogP contribution in [0.1, 0.15) is 265 Å². The average Bonchev–Trinajstić information content (AvgIpc) is 3.39. The number of carbonyl (C=O) groups is 7. The maximum absolute atomic E-state index is 13.5. The van der Waals surface area contributed by atoms with Gasteiger partial charge in [-0.25, -0.2) is 0 Å². The molecular formula is C61H112N2O13. The van der Waals surface area contributed by atoms with E-state index in [1.807, 2.05) is 19.0 Å². The predicted octanol–water partition coefficient (Wildman–Crippen LogP) is 13.4. The van der Waals surface area contributed by atoms with Gasteiger partial charge in [0.2, 0.25) is 5.91 Å². The van der Waals surface area contributed by atoms with Gasteiger partial charge in [-0.15, -0.1) is 0 Å². The van der Waals surface area contributed by atoms with Crippen molar-refractivity contribution in [3.05, 3.63) is 0 Å². The second-order valence-electron chi connectivity index (χ2n) is 21.4. The molecule has 15 heteroatoms. The van der Waals surface area contributed by atoms with Crippen molar-refractivity contribution in [2.75, 3.05) is 73.4 Å². The molecule has 0 atom stereocenters. The van der Waals surface area contributed by atoms with E-state index in [1.165, 1.54) is 81.9 Å². The van der Waals surface area contributed by atoms with E-state index in [1.54, 1.807) is 0 Å². The standard InChI is InChI=1S/C61H112N2O13/c1-7-11-15-19-23-27-31-38-56(65)73-49-53(50-74-57(66)39-32-28-24-20-16-12-8-2)47-60(69)71-45-43-63(55(64)37-35-36-42-62(5)6)44-46-72-61(70)48-54(51-75-58(67)40-33-29-25-21-17-13-9-3)52-76-59(68)41-34-30-26-22-18-14-10-4/h53-54H,7-52H2,1-6H3. The molecule has 0 rings (SSSR count). The van der Waals surface area contributed by atoms with Crippen LogP contribution < -0.4 is 0 Å². The summed E-state index contributed by atoms with van der Waals surface area (Å²) in [5.41, 5.74) is 0. The Kier molecular flexibility index (Phi) is 50.6. The molecule has 0 bridgehead atoms. The van der Waals surface area contributed by atoms with E-state index in [0.29, 0.717) is 6.42 Å². The summed E-state index contributed by atoms with van der Waals surface area (Å²) in [5, 5.41) is 0. The zero-order valence-electron chi connectivity index (χ0n) is 49.4. The van der Waals surface area contributed by atoms with E-state index >= 15 is 0 Å². The van der Waals surface area contributed by atoms with Crippen LogP contribution in [-0.4, -0.2) is 125 Å². The normalized spacial score (nSPS) is 11.3. The van der Waals surface area contributed by atoms with Crippen molar-refractivity contribution in [1.29, 1.82) is 0 Å². The Hall–Kier alpha value is -3.75. The van der Waals surface area contributed by atoms with Crippen LogP contribution in [0.15, 0.2) is 0 Å². The monoisotopic (exact) mass is 1080 g/mol. The van der Waals surface area contributed by atoms with Gasteiger partial charge in [-0.05, 0) is 59.2 Å². The zero-order valence-corrected chi connectivity index (χ0v) is 49.4. The molecular weight excluding hydrogens is 969 g/mol. The van der Waals surface area contributed by atoms with Crippen LogP contribution in [0.3, 0.4) is 0 Å². The summed E-state index contributed by atoms with van der Waals surface area (Å²) < 4.78 is 33.6. The van der Waals surface area contributed by atoms with Crippen LogP contribution in [0.25, 0.3) is 0 Å². The number of rotatable bonds is 55. The van der Waals surface area contributed by atoms with Crippen molar-refractivity contribution in [3.8, 4) is 0 Å². The van der Waals surface area contributed by atoms with Gasteiger partial charge in [-0.2, -0.15) is 0 Å². The quantitative estimate of drug-likeness (QED) is 0.0319. The predicted molar refractivity (Wildman–Crippen MR) is 301 cm³/mol. The fourth-order valence-electron chi connectivity index (χ4n) is 8.72. The molecule has 0 saturated heterocycles. The van der Waals surface area contributed by atoms with Gasteiger partial charge in [0.05, 0.1) is 52.4 Å². The highest BCUT2D eigenvalue weighted by atomic mass is 16.6.